The highest BCUT2D eigenvalue weighted by Crippen LogP contribution is 2.33. The summed E-state index contributed by atoms with van der Waals surface area (Å²) in [7, 11) is 0. The summed E-state index contributed by atoms with van der Waals surface area (Å²) < 4.78 is 1.67. The van der Waals surface area contributed by atoms with Crippen LogP contribution in [-0.4, -0.2) is 32.6 Å². The topological polar surface area (TPSA) is 62.3 Å². The van der Waals surface area contributed by atoms with Crippen LogP contribution in [0.5, 0.6) is 0 Å². The summed E-state index contributed by atoms with van der Waals surface area (Å²) in [5.74, 6) is -0.0504. The number of hydrogen-bond acceptors (Lipinski definition) is 7. The van der Waals surface area contributed by atoms with E-state index in [1.807, 2.05) is 47.9 Å². The SMILES string of the molecule is O=C(CCCCCN1C(=O)C(=Cc2cccs2)SC1=S)Nc1nc2ccccc2s1. The quantitative estimate of drug-likeness (QED) is 0.256. The van der Waals surface area contributed by atoms with Gasteiger partial charge in [-0.3, -0.25) is 14.5 Å². The van der Waals surface area contributed by atoms with E-state index >= 15 is 0 Å². The summed E-state index contributed by atoms with van der Waals surface area (Å²) in [6, 6.07) is 11.8. The highest BCUT2D eigenvalue weighted by Gasteiger charge is 2.31. The molecule has 1 fully saturated rings. The lowest BCUT2D eigenvalue weighted by Crippen LogP contribution is -2.29. The number of unbranched alkanes of at least 4 members (excludes halogenated alkanes) is 2. The predicted molar refractivity (Wildman–Crippen MR) is 131 cm³/mol. The zero-order chi connectivity index (χ0) is 20.9. The van der Waals surface area contributed by atoms with Crippen molar-refractivity contribution in [1.82, 2.24) is 9.88 Å². The smallest absolute Gasteiger partial charge is 0.266 e. The Balaban J connectivity index is 1.19. The molecule has 0 spiro atoms. The lowest BCUT2D eigenvalue weighted by Gasteiger charge is -2.13. The van der Waals surface area contributed by atoms with Crippen LogP contribution in [0.1, 0.15) is 30.6 Å². The van der Waals surface area contributed by atoms with E-state index < -0.39 is 0 Å². The summed E-state index contributed by atoms with van der Waals surface area (Å²) in [6.07, 6.45) is 4.76. The molecule has 154 valence electrons. The molecule has 2 aromatic heterocycles. The number of carbonyl (C=O) groups is 2. The van der Waals surface area contributed by atoms with E-state index in [1.165, 1.54) is 23.1 Å². The molecule has 1 aliphatic heterocycles. The molecule has 4 rings (SSSR count). The maximum atomic E-state index is 12.6. The summed E-state index contributed by atoms with van der Waals surface area (Å²) in [4.78, 5) is 32.6. The Hall–Kier alpha value is -2.07. The summed E-state index contributed by atoms with van der Waals surface area (Å²) >= 11 is 9.80. The molecule has 0 atom stereocenters. The molecule has 5 nitrogen and oxygen atoms in total. The normalized spacial score (nSPS) is 15.5. The van der Waals surface area contributed by atoms with Crippen molar-refractivity contribution in [3.63, 3.8) is 0 Å². The summed E-state index contributed by atoms with van der Waals surface area (Å²) in [5, 5.41) is 5.50. The van der Waals surface area contributed by atoms with Crippen molar-refractivity contribution in [3.8, 4) is 0 Å². The number of thiocarbonyl (C=S) groups is 1. The highest BCUT2D eigenvalue weighted by molar-refractivity contribution is 8.26. The number of aromatic nitrogens is 1. The molecule has 3 heterocycles. The fourth-order valence-corrected chi connectivity index (χ4v) is 5.95. The maximum absolute atomic E-state index is 12.6. The Morgan fingerprint density at radius 1 is 1.17 bits per heavy atom. The average Bonchev–Trinajstić information content (AvgIpc) is 3.43. The Morgan fingerprint density at radius 2 is 2.03 bits per heavy atom. The molecule has 0 aliphatic carbocycles. The third kappa shape index (κ3) is 5.15. The number of carbonyl (C=O) groups excluding carboxylic acids is 2. The van der Waals surface area contributed by atoms with Gasteiger partial charge in [0.15, 0.2) is 5.13 Å². The molecular weight excluding hydrogens is 455 g/mol. The molecule has 1 saturated heterocycles. The first-order valence-electron chi connectivity index (χ1n) is 9.54. The number of hydrogen-bond donors (Lipinski definition) is 1. The first-order chi connectivity index (χ1) is 14.6. The third-order valence-electron chi connectivity index (χ3n) is 4.52. The number of thiazole rings is 1. The molecule has 9 heteroatoms. The van der Waals surface area contributed by atoms with Crippen molar-refractivity contribution in [3.05, 3.63) is 51.6 Å². The Labute approximate surface area is 192 Å². The minimum atomic E-state index is -0.0291. The van der Waals surface area contributed by atoms with Crippen LogP contribution < -0.4 is 5.32 Å². The van der Waals surface area contributed by atoms with Crippen molar-refractivity contribution in [2.75, 3.05) is 11.9 Å². The molecule has 30 heavy (non-hydrogen) atoms. The molecule has 3 aromatic rings. The second-order valence-corrected chi connectivity index (χ2v) is 10.4. The van der Waals surface area contributed by atoms with Gasteiger partial charge >= 0.3 is 0 Å². The van der Waals surface area contributed by atoms with Gasteiger partial charge in [-0.2, -0.15) is 0 Å². The van der Waals surface area contributed by atoms with Gasteiger partial charge in [0.2, 0.25) is 5.91 Å². The van der Waals surface area contributed by atoms with E-state index in [9.17, 15) is 9.59 Å². The zero-order valence-corrected chi connectivity index (χ0v) is 19.3. The molecule has 1 N–H and O–H groups in total. The number of nitrogens with one attached hydrogen (secondary N) is 1. The molecule has 0 radical (unpaired) electrons. The fourth-order valence-electron chi connectivity index (χ4n) is 3.04. The second-order valence-electron chi connectivity index (χ2n) is 6.69. The second kappa shape index (κ2) is 9.82. The largest absolute Gasteiger partial charge is 0.302 e. The Morgan fingerprint density at radius 3 is 2.83 bits per heavy atom. The van der Waals surface area contributed by atoms with Crippen molar-refractivity contribution >= 4 is 84.2 Å². The lowest BCUT2D eigenvalue weighted by molar-refractivity contribution is -0.122. The molecule has 1 aliphatic rings. The zero-order valence-electron chi connectivity index (χ0n) is 16.0. The van der Waals surface area contributed by atoms with Gasteiger partial charge in [0, 0.05) is 17.8 Å². The molecule has 0 unspecified atom stereocenters. The van der Waals surface area contributed by atoms with Crippen LogP contribution in [-0.2, 0) is 9.59 Å². The standard InChI is InChI=1S/C21H19N3O2S4/c25-18(23-20-22-15-8-3-4-9-16(15)29-20)10-2-1-5-11-24-19(26)17(30-21(24)27)13-14-7-6-12-28-14/h3-4,6-9,12-13H,1-2,5,10-11H2,(H,22,23,25). The Kier molecular flexibility index (Phi) is 6.93. The maximum Gasteiger partial charge on any atom is 0.266 e. The van der Waals surface area contributed by atoms with E-state index in [0.29, 0.717) is 27.3 Å². The number of amides is 2. The van der Waals surface area contributed by atoms with Crippen LogP contribution in [0.2, 0.25) is 0 Å². The van der Waals surface area contributed by atoms with Gasteiger partial charge < -0.3 is 5.32 Å². The van der Waals surface area contributed by atoms with Gasteiger partial charge in [0.1, 0.15) is 4.32 Å². The van der Waals surface area contributed by atoms with Crippen molar-refractivity contribution in [2.45, 2.75) is 25.7 Å². The Bertz CT molecular complexity index is 1070. The number of benzene rings is 1. The van der Waals surface area contributed by atoms with E-state index in [-0.39, 0.29) is 11.8 Å². The minimum Gasteiger partial charge on any atom is -0.302 e. The van der Waals surface area contributed by atoms with E-state index in [4.69, 9.17) is 12.2 Å². The summed E-state index contributed by atoms with van der Waals surface area (Å²) in [5.41, 5.74) is 0.898. The number of rotatable bonds is 8. The number of fused-ring (bicyclic) bond motifs is 1. The number of para-hydroxylation sites is 1. The van der Waals surface area contributed by atoms with Crippen molar-refractivity contribution < 1.29 is 9.59 Å². The van der Waals surface area contributed by atoms with Gasteiger partial charge in [-0.15, -0.1) is 11.3 Å². The molecular formula is C21H19N3O2S4. The minimum absolute atomic E-state index is 0.0213. The number of thiophene rings is 1. The van der Waals surface area contributed by atoms with Gasteiger partial charge in [0.25, 0.3) is 5.91 Å². The van der Waals surface area contributed by atoms with Crippen LogP contribution in [0.3, 0.4) is 0 Å². The van der Waals surface area contributed by atoms with Crippen molar-refractivity contribution in [1.29, 1.82) is 0 Å². The van der Waals surface area contributed by atoms with Crippen LogP contribution in [0.15, 0.2) is 46.7 Å². The highest BCUT2D eigenvalue weighted by atomic mass is 32.2. The molecule has 0 bridgehead atoms. The van der Waals surface area contributed by atoms with E-state index in [2.05, 4.69) is 10.3 Å². The van der Waals surface area contributed by atoms with E-state index in [0.717, 1.165) is 34.4 Å². The van der Waals surface area contributed by atoms with Crippen molar-refractivity contribution in [2.24, 2.45) is 0 Å². The van der Waals surface area contributed by atoms with Gasteiger partial charge in [-0.05, 0) is 42.5 Å². The number of nitrogens with zero attached hydrogens (tertiary/aromatic N) is 2. The van der Waals surface area contributed by atoms with Crippen LogP contribution in [0, 0.1) is 0 Å². The molecule has 2 amide bonds. The first-order valence-corrected chi connectivity index (χ1v) is 12.5. The molecule has 0 saturated carbocycles. The van der Waals surface area contributed by atoms with Crippen LogP contribution in [0.4, 0.5) is 5.13 Å². The predicted octanol–water partition coefficient (Wildman–Crippen LogP) is 5.76. The van der Waals surface area contributed by atoms with E-state index in [1.54, 1.807) is 16.2 Å². The number of anilines is 1. The van der Waals surface area contributed by atoms with Crippen LogP contribution >= 0.6 is 46.7 Å². The van der Waals surface area contributed by atoms with Gasteiger partial charge in [0.05, 0.1) is 15.1 Å². The van der Waals surface area contributed by atoms with Gasteiger partial charge in [-0.25, -0.2) is 4.98 Å². The average molecular weight is 474 g/mol. The summed E-state index contributed by atoms with van der Waals surface area (Å²) in [6.45, 7) is 0.589. The monoisotopic (exact) mass is 473 g/mol. The van der Waals surface area contributed by atoms with Gasteiger partial charge in [-0.1, -0.05) is 59.9 Å². The first kappa shape index (κ1) is 21.2. The third-order valence-corrected chi connectivity index (χ3v) is 7.66. The van der Waals surface area contributed by atoms with Crippen LogP contribution in [0.25, 0.3) is 16.3 Å². The molecule has 1 aromatic carbocycles. The lowest BCUT2D eigenvalue weighted by atomic mass is 10.2. The fraction of sp³-hybridized carbons (Fsp3) is 0.238. The number of thioether (sulfide) groups is 1.